The summed E-state index contributed by atoms with van der Waals surface area (Å²) in [6.45, 7) is 5.32. The van der Waals surface area contributed by atoms with Gasteiger partial charge < -0.3 is 20.7 Å². The summed E-state index contributed by atoms with van der Waals surface area (Å²) in [5, 5.41) is 10.2. The molecule has 0 aliphatic carbocycles. The normalized spacial score (nSPS) is 21.8. The fourth-order valence-electron chi connectivity index (χ4n) is 4.20. The number of carbonyl (C=O) groups is 1. The minimum Gasteiger partial charge on any atom is -0.381 e. The number of nitrogens with one attached hydrogen (secondary N) is 3. The van der Waals surface area contributed by atoms with Crippen molar-refractivity contribution in [2.24, 2.45) is 11.8 Å². The summed E-state index contributed by atoms with van der Waals surface area (Å²) < 4.78 is 5.42. The summed E-state index contributed by atoms with van der Waals surface area (Å²) >= 11 is 6.41. The van der Waals surface area contributed by atoms with E-state index in [4.69, 9.17) is 16.3 Å². The quantitative estimate of drug-likeness (QED) is 0.580. The molecule has 2 atom stereocenters. The maximum absolute atomic E-state index is 12.7. The molecule has 2 aromatic rings. The van der Waals surface area contributed by atoms with Crippen molar-refractivity contribution in [3.05, 3.63) is 29.7 Å². The molecular formula is C23H31ClN6O2. The van der Waals surface area contributed by atoms with Gasteiger partial charge in [0.25, 0.3) is 0 Å². The number of pyridine rings is 1. The van der Waals surface area contributed by atoms with Crippen molar-refractivity contribution >= 4 is 29.1 Å². The molecule has 0 saturated carbocycles. The van der Waals surface area contributed by atoms with Gasteiger partial charge in [-0.25, -0.2) is 9.97 Å². The molecule has 0 unspecified atom stereocenters. The van der Waals surface area contributed by atoms with Gasteiger partial charge in [-0.3, -0.25) is 9.78 Å². The van der Waals surface area contributed by atoms with E-state index in [1.807, 2.05) is 0 Å². The van der Waals surface area contributed by atoms with Crippen LogP contribution in [0.25, 0.3) is 11.3 Å². The van der Waals surface area contributed by atoms with Gasteiger partial charge in [-0.15, -0.1) is 0 Å². The molecule has 2 aromatic heterocycles. The van der Waals surface area contributed by atoms with Crippen LogP contribution in [0.15, 0.2) is 24.7 Å². The van der Waals surface area contributed by atoms with Crippen molar-refractivity contribution in [3.63, 3.8) is 0 Å². The molecule has 2 aliphatic heterocycles. The lowest BCUT2D eigenvalue weighted by atomic mass is 9.93. The highest BCUT2D eigenvalue weighted by atomic mass is 35.5. The van der Waals surface area contributed by atoms with E-state index < -0.39 is 0 Å². The minimum atomic E-state index is -0.0590. The van der Waals surface area contributed by atoms with Crippen LogP contribution in [0.1, 0.15) is 39.0 Å². The highest BCUT2D eigenvalue weighted by Gasteiger charge is 2.25. The zero-order valence-corrected chi connectivity index (χ0v) is 19.2. The number of halogens is 1. The van der Waals surface area contributed by atoms with Crippen LogP contribution in [0.3, 0.4) is 0 Å². The zero-order chi connectivity index (χ0) is 22.3. The average molecular weight is 459 g/mol. The Morgan fingerprint density at radius 2 is 2.03 bits per heavy atom. The SMILES string of the molecule is CC[C@@H]1CC[C@@H](C(=O)Nc2cc(-c3cncc(NCC4CCOCC4)n3)c(Cl)cn2)CN1. The number of carbonyl (C=O) groups excluding carboxylic acids is 1. The van der Waals surface area contributed by atoms with Gasteiger partial charge in [-0.1, -0.05) is 18.5 Å². The first-order chi connectivity index (χ1) is 15.6. The summed E-state index contributed by atoms with van der Waals surface area (Å²) in [5.74, 6) is 1.66. The number of hydrogen-bond donors (Lipinski definition) is 3. The predicted molar refractivity (Wildman–Crippen MR) is 126 cm³/mol. The van der Waals surface area contributed by atoms with Gasteiger partial charge in [0.2, 0.25) is 5.91 Å². The van der Waals surface area contributed by atoms with E-state index in [1.165, 1.54) is 0 Å². The molecule has 0 aromatic carbocycles. The van der Waals surface area contributed by atoms with Crippen LogP contribution in [-0.4, -0.2) is 53.2 Å². The largest absolute Gasteiger partial charge is 0.381 e. The number of nitrogens with zero attached hydrogens (tertiary/aromatic N) is 3. The van der Waals surface area contributed by atoms with Crippen molar-refractivity contribution < 1.29 is 9.53 Å². The van der Waals surface area contributed by atoms with Crippen molar-refractivity contribution in [2.45, 2.75) is 45.1 Å². The molecule has 0 bridgehead atoms. The Morgan fingerprint density at radius 3 is 2.78 bits per heavy atom. The molecule has 2 aliphatic rings. The Morgan fingerprint density at radius 1 is 1.19 bits per heavy atom. The van der Waals surface area contributed by atoms with Gasteiger partial charge >= 0.3 is 0 Å². The smallest absolute Gasteiger partial charge is 0.229 e. The van der Waals surface area contributed by atoms with Crippen LogP contribution in [-0.2, 0) is 9.53 Å². The second-order valence-electron chi connectivity index (χ2n) is 8.55. The van der Waals surface area contributed by atoms with Gasteiger partial charge in [0, 0.05) is 44.1 Å². The zero-order valence-electron chi connectivity index (χ0n) is 18.4. The monoisotopic (exact) mass is 458 g/mol. The van der Waals surface area contributed by atoms with Gasteiger partial charge in [-0.05, 0) is 44.1 Å². The van der Waals surface area contributed by atoms with Crippen molar-refractivity contribution in [2.75, 3.05) is 36.9 Å². The predicted octanol–water partition coefficient (Wildman–Crippen LogP) is 3.75. The fraction of sp³-hybridized carbons (Fsp3) is 0.565. The number of amides is 1. The molecule has 4 heterocycles. The molecule has 0 radical (unpaired) electrons. The molecule has 8 nitrogen and oxygen atoms in total. The molecular weight excluding hydrogens is 428 g/mol. The van der Waals surface area contributed by atoms with Gasteiger partial charge in [-0.2, -0.15) is 0 Å². The number of aromatic nitrogens is 3. The van der Waals surface area contributed by atoms with Crippen LogP contribution in [0, 0.1) is 11.8 Å². The van der Waals surface area contributed by atoms with Crippen molar-refractivity contribution in [1.29, 1.82) is 0 Å². The first-order valence-electron chi connectivity index (χ1n) is 11.5. The van der Waals surface area contributed by atoms with Crippen LogP contribution in [0.5, 0.6) is 0 Å². The molecule has 3 N–H and O–H groups in total. The first kappa shape index (κ1) is 22.9. The van der Waals surface area contributed by atoms with E-state index in [9.17, 15) is 4.79 Å². The average Bonchev–Trinajstić information content (AvgIpc) is 2.85. The molecule has 2 saturated heterocycles. The van der Waals surface area contributed by atoms with Crippen LogP contribution >= 0.6 is 11.6 Å². The van der Waals surface area contributed by atoms with E-state index in [2.05, 4.69) is 37.8 Å². The lowest BCUT2D eigenvalue weighted by Gasteiger charge is -2.28. The third kappa shape index (κ3) is 5.94. The Balaban J connectivity index is 1.41. The van der Waals surface area contributed by atoms with Gasteiger partial charge in [0.15, 0.2) is 0 Å². The number of ether oxygens (including phenoxy) is 1. The summed E-state index contributed by atoms with van der Waals surface area (Å²) in [7, 11) is 0. The maximum atomic E-state index is 12.7. The first-order valence-corrected chi connectivity index (χ1v) is 11.8. The fourth-order valence-corrected chi connectivity index (χ4v) is 4.40. The topological polar surface area (TPSA) is 101 Å². The molecule has 4 rings (SSSR count). The summed E-state index contributed by atoms with van der Waals surface area (Å²) in [5.41, 5.74) is 1.32. The van der Waals surface area contributed by atoms with E-state index in [1.54, 1.807) is 24.7 Å². The number of piperidine rings is 1. The summed E-state index contributed by atoms with van der Waals surface area (Å²) in [6, 6.07) is 2.27. The van der Waals surface area contributed by atoms with Crippen LogP contribution < -0.4 is 16.0 Å². The number of rotatable bonds is 7. The third-order valence-corrected chi connectivity index (χ3v) is 6.61. The van der Waals surface area contributed by atoms with E-state index in [-0.39, 0.29) is 11.8 Å². The highest BCUT2D eigenvalue weighted by Crippen LogP contribution is 2.29. The summed E-state index contributed by atoms with van der Waals surface area (Å²) in [4.78, 5) is 26.0. The van der Waals surface area contributed by atoms with Gasteiger partial charge in [0.05, 0.1) is 29.0 Å². The summed E-state index contributed by atoms with van der Waals surface area (Å²) in [6.07, 6.45) is 10.00. The third-order valence-electron chi connectivity index (χ3n) is 6.31. The Labute approximate surface area is 193 Å². The Kier molecular flexibility index (Phi) is 7.89. The molecule has 2 fully saturated rings. The molecule has 172 valence electrons. The molecule has 32 heavy (non-hydrogen) atoms. The van der Waals surface area contributed by atoms with E-state index in [0.29, 0.717) is 46.4 Å². The van der Waals surface area contributed by atoms with Crippen molar-refractivity contribution in [1.82, 2.24) is 20.3 Å². The Hall–Kier alpha value is -2.29. The second-order valence-corrected chi connectivity index (χ2v) is 8.96. The Bertz CT molecular complexity index is 913. The van der Waals surface area contributed by atoms with Crippen LogP contribution in [0.4, 0.5) is 11.6 Å². The van der Waals surface area contributed by atoms with E-state index >= 15 is 0 Å². The lowest BCUT2D eigenvalue weighted by molar-refractivity contribution is -0.120. The van der Waals surface area contributed by atoms with Gasteiger partial charge in [0.1, 0.15) is 11.6 Å². The second kappa shape index (κ2) is 11.0. The van der Waals surface area contributed by atoms with E-state index in [0.717, 1.165) is 51.9 Å². The molecule has 9 heteroatoms. The highest BCUT2D eigenvalue weighted by molar-refractivity contribution is 6.33. The molecule has 1 amide bonds. The lowest BCUT2D eigenvalue weighted by Crippen LogP contribution is -2.43. The van der Waals surface area contributed by atoms with Crippen LogP contribution in [0.2, 0.25) is 5.02 Å². The number of anilines is 2. The maximum Gasteiger partial charge on any atom is 0.229 e. The molecule has 0 spiro atoms. The standard InChI is InChI=1S/C23H31ClN6O2/c1-2-17-4-3-16(11-26-17)23(31)30-21-9-18(19(24)12-28-21)20-13-25-14-22(29-20)27-10-15-5-7-32-8-6-15/h9,12-17,26H,2-8,10-11H2,1H3,(H,27,29)(H,28,30,31)/t16-,17-/m1/s1. The minimum absolute atomic E-state index is 0.0224. The number of hydrogen-bond acceptors (Lipinski definition) is 7. The van der Waals surface area contributed by atoms with Crippen molar-refractivity contribution in [3.8, 4) is 11.3 Å².